The Morgan fingerprint density at radius 3 is 3.04 bits per heavy atom. The Bertz CT molecular complexity index is 994. The minimum absolute atomic E-state index is 0.267. The molecular formula is C19H20FN5O2. The predicted octanol–water partition coefficient (Wildman–Crippen LogP) is 2.61. The lowest BCUT2D eigenvalue weighted by molar-refractivity contribution is 0.0683. The number of hydrogen-bond acceptors (Lipinski definition) is 4. The number of nitrogens with one attached hydrogen (secondary N) is 2. The lowest BCUT2D eigenvalue weighted by atomic mass is 10.1. The van der Waals surface area contributed by atoms with Gasteiger partial charge in [-0.15, -0.1) is 0 Å². The van der Waals surface area contributed by atoms with Crippen molar-refractivity contribution in [3.05, 3.63) is 64.5 Å². The number of ether oxygens (including phenoxy) is 1. The maximum atomic E-state index is 14.2. The Kier molecular flexibility index (Phi) is 4.49. The van der Waals surface area contributed by atoms with E-state index in [1.165, 1.54) is 10.7 Å². The molecule has 1 aromatic carbocycles. The average Bonchev–Trinajstić information content (AvgIpc) is 3.26. The normalized spacial score (nSPS) is 16.2. The highest BCUT2D eigenvalue weighted by molar-refractivity contribution is 5.94. The van der Waals surface area contributed by atoms with E-state index in [4.69, 9.17) is 4.74 Å². The van der Waals surface area contributed by atoms with E-state index >= 15 is 0 Å². The van der Waals surface area contributed by atoms with Crippen LogP contribution < -0.4 is 5.32 Å². The molecule has 1 amide bonds. The molecule has 4 rings (SSSR count). The number of hydrogen-bond donors (Lipinski definition) is 2. The number of carbonyl (C=O) groups is 1. The van der Waals surface area contributed by atoms with Gasteiger partial charge in [-0.1, -0.05) is 19.1 Å². The number of para-hydroxylation sites is 1. The zero-order valence-electron chi connectivity index (χ0n) is 15.1. The van der Waals surface area contributed by atoms with Crippen LogP contribution in [0.5, 0.6) is 0 Å². The van der Waals surface area contributed by atoms with Crippen molar-refractivity contribution >= 4 is 5.91 Å². The van der Waals surface area contributed by atoms with Gasteiger partial charge >= 0.3 is 0 Å². The third kappa shape index (κ3) is 3.02. The highest BCUT2D eigenvalue weighted by Crippen LogP contribution is 2.28. The Labute approximate surface area is 155 Å². The molecule has 0 saturated carbocycles. The SMILES string of the molecule is CCc1c(C(=O)N[C@@H]2COCc3c2cnn3-c2ccccc2F)n[nH]c1C. The van der Waals surface area contributed by atoms with Crippen LogP contribution in [0.25, 0.3) is 5.69 Å². The maximum absolute atomic E-state index is 14.2. The number of fused-ring (bicyclic) bond motifs is 1. The molecule has 0 unspecified atom stereocenters. The van der Waals surface area contributed by atoms with Crippen LogP contribution in [-0.4, -0.2) is 32.5 Å². The van der Waals surface area contributed by atoms with Gasteiger partial charge in [0.15, 0.2) is 5.69 Å². The van der Waals surface area contributed by atoms with Crippen molar-refractivity contribution in [3.8, 4) is 5.69 Å². The first kappa shape index (κ1) is 17.4. The first-order chi connectivity index (χ1) is 13.1. The van der Waals surface area contributed by atoms with E-state index in [1.807, 2.05) is 13.8 Å². The molecule has 0 saturated heterocycles. The van der Waals surface area contributed by atoms with Gasteiger partial charge in [0.25, 0.3) is 5.91 Å². The van der Waals surface area contributed by atoms with Gasteiger partial charge in [-0.05, 0) is 25.5 Å². The van der Waals surface area contributed by atoms with Crippen LogP contribution in [0.3, 0.4) is 0 Å². The molecule has 0 fully saturated rings. The van der Waals surface area contributed by atoms with E-state index in [0.717, 1.165) is 22.5 Å². The lowest BCUT2D eigenvalue weighted by Crippen LogP contribution is -2.35. The molecule has 140 valence electrons. The average molecular weight is 369 g/mol. The smallest absolute Gasteiger partial charge is 0.272 e. The number of aryl methyl sites for hydroxylation is 1. The van der Waals surface area contributed by atoms with Crippen LogP contribution in [0.2, 0.25) is 0 Å². The summed E-state index contributed by atoms with van der Waals surface area (Å²) in [6.45, 7) is 4.50. The number of aromatic nitrogens is 4. The molecule has 27 heavy (non-hydrogen) atoms. The molecule has 3 heterocycles. The van der Waals surface area contributed by atoms with Crippen molar-refractivity contribution in [1.29, 1.82) is 0 Å². The molecule has 0 radical (unpaired) electrons. The van der Waals surface area contributed by atoms with E-state index in [0.29, 0.717) is 31.0 Å². The zero-order valence-corrected chi connectivity index (χ0v) is 15.1. The number of nitrogens with zero attached hydrogens (tertiary/aromatic N) is 3. The van der Waals surface area contributed by atoms with Crippen LogP contribution >= 0.6 is 0 Å². The first-order valence-electron chi connectivity index (χ1n) is 8.84. The third-order valence-electron chi connectivity index (χ3n) is 4.83. The molecule has 0 aliphatic carbocycles. The van der Waals surface area contributed by atoms with Crippen LogP contribution in [0.1, 0.15) is 46.0 Å². The molecule has 1 aliphatic heterocycles. The predicted molar refractivity (Wildman–Crippen MR) is 96.1 cm³/mol. The van der Waals surface area contributed by atoms with Crippen LogP contribution in [0.15, 0.2) is 30.5 Å². The summed E-state index contributed by atoms with van der Waals surface area (Å²) in [4.78, 5) is 12.7. The van der Waals surface area contributed by atoms with Gasteiger partial charge in [-0.25, -0.2) is 9.07 Å². The number of aromatic amines is 1. The Morgan fingerprint density at radius 1 is 1.44 bits per heavy atom. The van der Waals surface area contributed by atoms with Crippen molar-refractivity contribution in [3.63, 3.8) is 0 Å². The monoisotopic (exact) mass is 369 g/mol. The first-order valence-corrected chi connectivity index (χ1v) is 8.84. The summed E-state index contributed by atoms with van der Waals surface area (Å²) < 4.78 is 21.3. The minimum Gasteiger partial charge on any atom is -0.373 e. The van der Waals surface area contributed by atoms with Gasteiger partial charge in [-0.3, -0.25) is 9.89 Å². The molecular weight excluding hydrogens is 349 g/mol. The molecule has 0 spiro atoms. The summed E-state index contributed by atoms with van der Waals surface area (Å²) in [6.07, 6.45) is 2.37. The number of rotatable bonds is 4. The highest BCUT2D eigenvalue weighted by Gasteiger charge is 2.29. The highest BCUT2D eigenvalue weighted by atomic mass is 19.1. The molecule has 2 aromatic heterocycles. The second kappa shape index (κ2) is 6.96. The standard InChI is InChI=1S/C19H20FN5O2/c1-3-12-11(2)23-24-18(12)19(26)22-15-9-27-10-17-13(15)8-21-25(17)16-7-5-4-6-14(16)20/h4-8,15H,3,9-10H2,1-2H3,(H,22,26)(H,23,24)/t15-/m1/s1. The van der Waals surface area contributed by atoms with Crippen LogP contribution in [0, 0.1) is 12.7 Å². The van der Waals surface area contributed by atoms with Crippen molar-refractivity contribution in [2.45, 2.75) is 32.9 Å². The van der Waals surface area contributed by atoms with E-state index in [1.54, 1.807) is 24.4 Å². The molecule has 8 heteroatoms. The Morgan fingerprint density at radius 2 is 2.26 bits per heavy atom. The number of benzene rings is 1. The second-order valence-corrected chi connectivity index (χ2v) is 6.48. The molecule has 7 nitrogen and oxygen atoms in total. The number of amides is 1. The van der Waals surface area contributed by atoms with Gasteiger partial charge in [0.1, 0.15) is 11.5 Å². The zero-order chi connectivity index (χ0) is 19.0. The molecule has 1 atom stereocenters. The second-order valence-electron chi connectivity index (χ2n) is 6.48. The fraction of sp³-hybridized carbons (Fsp3) is 0.316. The fourth-order valence-corrected chi connectivity index (χ4v) is 3.44. The van der Waals surface area contributed by atoms with Crippen LogP contribution in [0.4, 0.5) is 4.39 Å². The maximum Gasteiger partial charge on any atom is 0.272 e. The summed E-state index contributed by atoms with van der Waals surface area (Å²) in [7, 11) is 0. The van der Waals surface area contributed by atoms with E-state index in [9.17, 15) is 9.18 Å². The number of carbonyl (C=O) groups excluding carboxylic acids is 1. The van der Waals surface area contributed by atoms with E-state index in [-0.39, 0.29) is 17.8 Å². The molecule has 3 aromatic rings. The third-order valence-corrected chi connectivity index (χ3v) is 4.83. The fourth-order valence-electron chi connectivity index (χ4n) is 3.44. The molecule has 2 N–H and O–H groups in total. The summed E-state index contributed by atoms with van der Waals surface area (Å²) in [5, 5.41) is 14.3. The van der Waals surface area contributed by atoms with Gasteiger partial charge in [0.05, 0.1) is 31.1 Å². The minimum atomic E-state index is -0.372. The van der Waals surface area contributed by atoms with Crippen molar-refractivity contribution in [2.24, 2.45) is 0 Å². The number of halogens is 1. The summed E-state index contributed by atoms with van der Waals surface area (Å²) in [5.41, 5.74) is 4.07. The van der Waals surface area contributed by atoms with Gasteiger partial charge in [0, 0.05) is 16.8 Å². The summed E-state index contributed by atoms with van der Waals surface area (Å²) in [5.74, 6) is -0.634. The van der Waals surface area contributed by atoms with Crippen molar-refractivity contribution < 1.29 is 13.9 Å². The van der Waals surface area contributed by atoms with E-state index in [2.05, 4.69) is 20.6 Å². The van der Waals surface area contributed by atoms with Crippen molar-refractivity contribution in [1.82, 2.24) is 25.3 Å². The largest absolute Gasteiger partial charge is 0.373 e. The van der Waals surface area contributed by atoms with Gasteiger partial charge in [-0.2, -0.15) is 10.2 Å². The quantitative estimate of drug-likeness (QED) is 0.740. The van der Waals surface area contributed by atoms with Gasteiger partial charge in [0.2, 0.25) is 0 Å². The van der Waals surface area contributed by atoms with Crippen LogP contribution in [-0.2, 0) is 17.8 Å². The summed E-state index contributed by atoms with van der Waals surface area (Å²) >= 11 is 0. The molecule has 1 aliphatic rings. The molecule has 0 bridgehead atoms. The van der Waals surface area contributed by atoms with E-state index < -0.39 is 0 Å². The Hall–Kier alpha value is -3.00. The Balaban J connectivity index is 1.63. The van der Waals surface area contributed by atoms with Crippen molar-refractivity contribution in [2.75, 3.05) is 6.61 Å². The van der Waals surface area contributed by atoms with Gasteiger partial charge < -0.3 is 10.1 Å². The summed E-state index contributed by atoms with van der Waals surface area (Å²) in [6, 6.07) is 6.06. The topological polar surface area (TPSA) is 84.8 Å². The lowest BCUT2D eigenvalue weighted by Gasteiger charge is -2.24. The number of H-pyrrole nitrogens is 1.